The van der Waals surface area contributed by atoms with Crippen LogP contribution in [0.2, 0.25) is 0 Å². The maximum Gasteiger partial charge on any atom is 0.243 e. The molecule has 0 bridgehead atoms. The number of benzene rings is 1. The van der Waals surface area contributed by atoms with Crippen LogP contribution in [0.15, 0.2) is 40.9 Å². The minimum Gasteiger partial charge on any atom is -0.488 e. The van der Waals surface area contributed by atoms with Crippen LogP contribution >= 0.6 is 11.3 Å². The van der Waals surface area contributed by atoms with E-state index in [-0.39, 0.29) is 10.9 Å². The summed E-state index contributed by atoms with van der Waals surface area (Å²) >= 11 is 1.52. The summed E-state index contributed by atoms with van der Waals surface area (Å²) < 4.78 is 37.8. The molecule has 1 aliphatic rings. The number of hydrogen-bond donors (Lipinski definition) is 0. The fraction of sp³-hybridized carbons (Fsp3) is 0.400. The maximum atomic E-state index is 12.7. The van der Waals surface area contributed by atoms with Gasteiger partial charge in [-0.1, -0.05) is 0 Å². The Hall–Kier alpha value is -1.48. The molecule has 2 aromatic rings. The molecule has 1 saturated heterocycles. The molecule has 1 atom stereocenters. The van der Waals surface area contributed by atoms with Gasteiger partial charge in [0.15, 0.2) is 0 Å². The van der Waals surface area contributed by atoms with Gasteiger partial charge in [0.1, 0.15) is 12.4 Å². The van der Waals surface area contributed by atoms with Crippen LogP contribution in [-0.2, 0) is 21.4 Å². The quantitative estimate of drug-likeness (QED) is 0.823. The summed E-state index contributed by atoms with van der Waals surface area (Å²) in [7, 11) is -3.50. The van der Waals surface area contributed by atoms with Crippen LogP contribution in [-0.4, -0.2) is 43.5 Å². The molecule has 0 N–H and O–H groups in total. The zero-order valence-corrected chi connectivity index (χ0v) is 14.3. The molecule has 6 nitrogen and oxygen atoms in total. The molecule has 1 aromatic carbocycles. The Balaban J connectivity index is 1.70. The van der Waals surface area contributed by atoms with E-state index in [2.05, 4.69) is 4.98 Å². The molecule has 0 saturated carbocycles. The minimum absolute atomic E-state index is 0.156. The zero-order valence-electron chi connectivity index (χ0n) is 12.7. The van der Waals surface area contributed by atoms with Crippen molar-refractivity contribution < 1.29 is 17.9 Å². The van der Waals surface area contributed by atoms with Gasteiger partial charge in [-0.05, 0) is 31.2 Å². The van der Waals surface area contributed by atoms with Crippen LogP contribution in [0.25, 0.3) is 0 Å². The fourth-order valence-electron chi connectivity index (χ4n) is 2.38. The highest BCUT2D eigenvalue weighted by Gasteiger charge is 2.31. The number of hydrogen-bond acceptors (Lipinski definition) is 6. The maximum absolute atomic E-state index is 12.7. The third-order valence-corrected chi connectivity index (χ3v) is 6.38. The third-order valence-electron chi connectivity index (χ3n) is 3.60. The predicted octanol–water partition coefficient (Wildman–Crippen LogP) is 2.13. The Kier molecular flexibility index (Phi) is 4.96. The van der Waals surface area contributed by atoms with Crippen LogP contribution in [0.1, 0.15) is 11.8 Å². The average molecular weight is 354 g/mol. The van der Waals surface area contributed by atoms with E-state index < -0.39 is 10.0 Å². The van der Waals surface area contributed by atoms with E-state index in [9.17, 15) is 8.42 Å². The largest absolute Gasteiger partial charge is 0.488 e. The fourth-order valence-corrected chi connectivity index (χ4v) is 4.49. The number of rotatable bonds is 5. The number of ether oxygens (including phenoxy) is 2. The van der Waals surface area contributed by atoms with Crippen molar-refractivity contribution in [3.8, 4) is 5.75 Å². The second-order valence-corrected chi connectivity index (χ2v) is 8.13. The lowest BCUT2D eigenvalue weighted by Crippen LogP contribution is -2.46. The van der Waals surface area contributed by atoms with Gasteiger partial charge in [0.25, 0.3) is 0 Å². The number of nitrogens with zero attached hydrogens (tertiary/aromatic N) is 2. The molecule has 23 heavy (non-hydrogen) atoms. The Morgan fingerprint density at radius 2 is 2.17 bits per heavy atom. The van der Waals surface area contributed by atoms with E-state index in [1.807, 2.05) is 6.92 Å². The average Bonchev–Trinajstić information content (AvgIpc) is 3.07. The summed E-state index contributed by atoms with van der Waals surface area (Å²) in [5.74, 6) is 0.632. The van der Waals surface area contributed by atoms with Crippen LogP contribution in [0, 0.1) is 0 Å². The highest BCUT2D eigenvalue weighted by molar-refractivity contribution is 7.89. The second-order valence-electron chi connectivity index (χ2n) is 5.27. The van der Waals surface area contributed by atoms with Gasteiger partial charge in [-0.3, -0.25) is 4.98 Å². The number of morpholine rings is 1. The summed E-state index contributed by atoms with van der Waals surface area (Å²) in [5.41, 5.74) is 1.75. The van der Waals surface area contributed by atoms with E-state index in [0.29, 0.717) is 32.1 Å². The van der Waals surface area contributed by atoms with Crippen LogP contribution in [0.4, 0.5) is 0 Å². The van der Waals surface area contributed by atoms with Crippen molar-refractivity contribution in [2.45, 2.75) is 24.5 Å². The molecule has 124 valence electrons. The first kappa shape index (κ1) is 16.4. The van der Waals surface area contributed by atoms with Gasteiger partial charge in [-0.15, -0.1) is 11.3 Å². The van der Waals surface area contributed by atoms with Gasteiger partial charge in [-0.2, -0.15) is 4.31 Å². The Bertz CT molecular complexity index is 729. The summed E-state index contributed by atoms with van der Waals surface area (Å²) in [4.78, 5) is 5.28. The van der Waals surface area contributed by atoms with Gasteiger partial charge in [-0.25, -0.2) is 8.42 Å². The van der Waals surface area contributed by atoms with Crippen LogP contribution < -0.4 is 4.74 Å². The monoisotopic (exact) mass is 354 g/mol. The van der Waals surface area contributed by atoms with Crippen molar-refractivity contribution in [2.75, 3.05) is 19.8 Å². The van der Waals surface area contributed by atoms with Crippen molar-refractivity contribution in [1.82, 2.24) is 9.29 Å². The molecule has 0 aliphatic carbocycles. The molecule has 0 amide bonds. The molecular formula is C15H18N2O4S2. The molecule has 3 rings (SSSR count). The van der Waals surface area contributed by atoms with Gasteiger partial charge in [0, 0.05) is 18.8 Å². The molecular weight excluding hydrogens is 336 g/mol. The highest BCUT2D eigenvalue weighted by Crippen LogP contribution is 2.23. The molecule has 1 aromatic heterocycles. The topological polar surface area (TPSA) is 68.7 Å². The second kappa shape index (κ2) is 6.96. The SMILES string of the molecule is C[C@@H]1COCCN1S(=O)(=O)c1ccc(OCc2cncs2)cc1. The third kappa shape index (κ3) is 3.72. The molecule has 0 unspecified atom stereocenters. The van der Waals surface area contributed by atoms with E-state index >= 15 is 0 Å². The molecule has 2 heterocycles. The Morgan fingerprint density at radius 1 is 1.39 bits per heavy atom. The number of thiazole rings is 1. The van der Waals surface area contributed by atoms with Crippen molar-refractivity contribution >= 4 is 21.4 Å². The summed E-state index contributed by atoms with van der Waals surface area (Å²) in [6.07, 6.45) is 1.75. The lowest BCUT2D eigenvalue weighted by Gasteiger charge is -2.32. The summed E-state index contributed by atoms with van der Waals surface area (Å²) in [5, 5.41) is 0. The lowest BCUT2D eigenvalue weighted by atomic mass is 10.3. The smallest absolute Gasteiger partial charge is 0.243 e. The molecule has 0 spiro atoms. The first-order chi connectivity index (χ1) is 11.1. The van der Waals surface area contributed by atoms with Crippen LogP contribution in [0.3, 0.4) is 0 Å². The standard InChI is InChI=1S/C15H18N2O4S2/c1-12-9-20-7-6-17(12)23(18,19)15-4-2-13(3-5-15)21-10-14-8-16-11-22-14/h2-5,8,11-12H,6-7,9-10H2,1H3/t12-/m1/s1. The number of aromatic nitrogens is 1. The zero-order chi connectivity index (χ0) is 16.3. The Labute approximate surface area is 139 Å². The van der Waals surface area contributed by atoms with Crippen molar-refractivity contribution in [3.63, 3.8) is 0 Å². The van der Waals surface area contributed by atoms with Gasteiger partial charge >= 0.3 is 0 Å². The predicted molar refractivity (Wildman–Crippen MR) is 87.1 cm³/mol. The normalized spacial score (nSPS) is 19.6. The Morgan fingerprint density at radius 3 is 2.83 bits per heavy atom. The minimum atomic E-state index is -3.50. The van der Waals surface area contributed by atoms with Crippen molar-refractivity contribution in [3.05, 3.63) is 40.8 Å². The molecule has 0 radical (unpaired) electrons. The van der Waals surface area contributed by atoms with E-state index in [1.54, 1.807) is 36.0 Å². The van der Waals surface area contributed by atoms with Gasteiger partial charge in [0.2, 0.25) is 10.0 Å². The first-order valence-electron chi connectivity index (χ1n) is 7.27. The van der Waals surface area contributed by atoms with Crippen LogP contribution in [0.5, 0.6) is 5.75 Å². The molecule has 1 aliphatic heterocycles. The van der Waals surface area contributed by atoms with Gasteiger partial charge in [0.05, 0.1) is 28.5 Å². The number of sulfonamides is 1. The summed E-state index contributed by atoms with van der Waals surface area (Å²) in [6.45, 7) is 3.52. The van der Waals surface area contributed by atoms with Gasteiger partial charge < -0.3 is 9.47 Å². The first-order valence-corrected chi connectivity index (χ1v) is 9.59. The van der Waals surface area contributed by atoms with E-state index in [0.717, 1.165) is 4.88 Å². The lowest BCUT2D eigenvalue weighted by molar-refractivity contribution is 0.0393. The van der Waals surface area contributed by atoms with Crippen molar-refractivity contribution in [2.24, 2.45) is 0 Å². The van der Waals surface area contributed by atoms with Crippen molar-refractivity contribution in [1.29, 1.82) is 0 Å². The summed E-state index contributed by atoms with van der Waals surface area (Å²) in [6, 6.07) is 6.37. The van der Waals surface area contributed by atoms with E-state index in [4.69, 9.17) is 9.47 Å². The highest BCUT2D eigenvalue weighted by atomic mass is 32.2. The van der Waals surface area contributed by atoms with E-state index in [1.165, 1.54) is 15.6 Å². The molecule has 1 fully saturated rings. The molecule has 8 heteroatoms.